The number of ether oxygens (including phenoxy) is 1. The second-order valence-corrected chi connectivity index (χ2v) is 10.9. The zero-order chi connectivity index (χ0) is 27.3. The Morgan fingerprint density at radius 2 is 1.79 bits per heavy atom. The van der Waals surface area contributed by atoms with Gasteiger partial charge in [0.1, 0.15) is 29.2 Å². The minimum absolute atomic E-state index is 0.0407. The lowest BCUT2D eigenvalue weighted by Crippen LogP contribution is -2.39. The summed E-state index contributed by atoms with van der Waals surface area (Å²) < 4.78 is 35.2. The number of hydrogen-bond donors (Lipinski definition) is 2. The van der Waals surface area contributed by atoms with E-state index in [0.29, 0.717) is 60.2 Å². The molecule has 2 N–H and O–H groups in total. The molecule has 11 heteroatoms. The van der Waals surface area contributed by atoms with Crippen LogP contribution in [0.15, 0.2) is 42.9 Å². The number of aromatic nitrogens is 5. The highest BCUT2D eigenvalue weighted by atomic mass is 19.1. The Kier molecular flexibility index (Phi) is 6.43. The van der Waals surface area contributed by atoms with Crippen LogP contribution in [0.25, 0.3) is 22.3 Å². The highest BCUT2D eigenvalue weighted by molar-refractivity contribution is 5.83. The second kappa shape index (κ2) is 9.80. The van der Waals surface area contributed by atoms with E-state index >= 15 is 0 Å². The smallest absolute Gasteiger partial charge is 0.167 e. The van der Waals surface area contributed by atoms with Crippen molar-refractivity contribution >= 4 is 16.9 Å². The van der Waals surface area contributed by atoms with E-state index in [1.165, 1.54) is 26.0 Å². The minimum atomic E-state index is -1.37. The van der Waals surface area contributed by atoms with Crippen LogP contribution in [0.2, 0.25) is 0 Å². The molecule has 1 aliphatic carbocycles. The predicted molar refractivity (Wildman–Crippen MR) is 140 cm³/mol. The minimum Gasteiger partial charge on any atom is -0.487 e. The Morgan fingerprint density at radius 3 is 2.49 bits per heavy atom. The normalized spacial score (nSPS) is 17.5. The topological polar surface area (TPSA) is 109 Å². The molecule has 2 fully saturated rings. The van der Waals surface area contributed by atoms with Crippen LogP contribution in [0.4, 0.5) is 14.6 Å². The molecule has 4 heterocycles. The average Bonchev–Trinajstić information content (AvgIpc) is 3.65. The van der Waals surface area contributed by atoms with Crippen molar-refractivity contribution in [3.8, 4) is 17.0 Å². The fourth-order valence-corrected chi connectivity index (χ4v) is 4.83. The number of piperidine rings is 1. The summed E-state index contributed by atoms with van der Waals surface area (Å²) in [6, 6.07) is 5.39. The molecule has 1 aromatic carbocycles. The van der Waals surface area contributed by atoms with Gasteiger partial charge in [0.15, 0.2) is 17.4 Å². The Morgan fingerprint density at radius 1 is 1.03 bits per heavy atom. The van der Waals surface area contributed by atoms with E-state index in [-0.39, 0.29) is 11.9 Å². The van der Waals surface area contributed by atoms with Crippen molar-refractivity contribution in [1.29, 1.82) is 0 Å². The Bertz CT molecular complexity index is 1510. The van der Waals surface area contributed by atoms with Crippen LogP contribution in [-0.4, -0.2) is 59.7 Å². The van der Waals surface area contributed by atoms with Gasteiger partial charge in [-0.25, -0.2) is 18.7 Å². The molecular weight excluding hydrogens is 506 g/mol. The van der Waals surface area contributed by atoms with Crippen LogP contribution in [0.1, 0.15) is 57.4 Å². The summed E-state index contributed by atoms with van der Waals surface area (Å²) in [6.07, 6.45) is 7.35. The highest BCUT2D eigenvalue weighted by Gasteiger charge is 2.30. The molecule has 2 aliphatic rings. The number of hydrogen-bond acceptors (Lipinski definition) is 8. The first kappa shape index (κ1) is 25.6. The van der Waals surface area contributed by atoms with E-state index in [9.17, 15) is 19.0 Å². The van der Waals surface area contributed by atoms with E-state index in [1.807, 2.05) is 10.9 Å². The first-order chi connectivity index (χ1) is 18.7. The van der Waals surface area contributed by atoms with Gasteiger partial charge in [-0.2, -0.15) is 5.10 Å². The lowest BCUT2D eigenvalue weighted by atomic mass is 9.98. The molecule has 0 amide bonds. The summed E-state index contributed by atoms with van der Waals surface area (Å²) in [4.78, 5) is 16.3. The van der Waals surface area contributed by atoms with E-state index in [2.05, 4.69) is 15.0 Å². The number of nitrogens with zero attached hydrogens (tertiary/aromatic N) is 6. The van der Waals surface area contributed by atoms with E-state index in [0.717, 1.165) is 24.5 Å². The Hall–Kier alpha value is -3.70. The zero-order valence-corrected chi connectivity index (χ0v) is 21.8. The van der Waals surface area contributed by atoms with Crippen molar-refractivity contribution in [2.75, 3.05) is 18.0 Å². The maximum Gasteiger partial charge on any atom is 0.167 e. The molecule has 0 spiro atoms. The van der Waals surface area contributed by atoms with Crippen LogP contribution in [-0.2, 0) is 0 Å². The van der Waals surface area contributed by atoms with Crippen molar-refractivity contribution in [3.05, 3.63) is 60.2 Å². The summed E-state index contributed by atoms with van der Waals surface area (Å²) in [5.41, 5.74) is 1.56. The van der Waals surface area contributed by atoms with Crippen LogP contribution >= 0.6 is 0 Å². The third-order valence-corrected chi connectivity index (χ3v) is 7.23. The largest absolute Gasteiger partial charge is 0.487 e. The van der Waals surface area contributed by atoms with Crippen molar-refractivity contribution in [3.63, 3.8) is 0 Å². The van der Waals surface area contributed by atoms with Gasteiger partial charge in [-0.1, -0.05) is 0 Å². The lowest BCUT2D eigenvalue weighted by molar-refractivity contribution is -0.0516. The Labute approximate surface area is 224 Å². The predicted octanol–water partition coefficient (Wildman–Crippen LogP) is 4.35. The summed E-state index contributed by atoms with van der Waals surface area (Å²) in [5, 5.41) is 25.4. The van der Waals surface area contributed by atoms with Gasteiger partial charge in [-0.05, 0) is 44.9 Å². The SMILES string of the molecule is CC(C)(O)[C@H](O)c1cc2nc(N3CCC(Oc4ccc(F)cc4F)CC3)c(-c3cnn(C4CC4)c3)nc2cn1. The van der Waals surface area contributed by atoms with Crippen molar-refractivity contribution in [1.82, 2.24) is 24.7 Å². The second-order valence-electron chi connectivity index (χ2n) is 10.9. The number of fused-ring (bicyclic) bond motifs is 1. The highest BCUT2D eigenvalue weighted by Crippen LogP contribution is 2.37. The summed E-state index contributed by atoms with van der Waals surface area (Å²) >= 11 is 0. The fraction of sp³-hybridized carbons (Fsp3) is 0.429. The molecule has 204 valence electrons. The van der Waals surface area contributed by atoms with Crippen LogP contribution in [0.3, 0.4) is 0 Å². The summed E-state index contributed by atoms with van der Waals surface area (Å²) in [6.45, 7) is 4.21. The molecule has 9 nitrogen and oxygen atoms in total. The standard InChI is InChI=1S/C28H30F2N6O3/c1-28(2,38)26(37)22-12-21-23(14-31-22)33-25(16-13-32-36(15-16)18-4-5-18)27(34-21)35-9-7-19(8-10-35)39-24-6-3-17(29)11-20(24)30/h3,6,11-15,18-19,26,37-38H,4-5,7-10H2,1-2H3/t26-/m1/s1. The number of benzene rings is 1. The van der Waals surface area contributed by atoms with Gasteiger partial charge >= 0.3 is 0 Å². The number of pyridine rings is 1. The third-order valence-electron chi connectivity index (χ3n) is 7.23. The molecule has 1 saturated carbocycles. The summed E-state index contributed by atoms with van der Waals surface area (Å²) in [5.74, 6) is -0.654. The lowest BCUT2D eigenvalue weighted by Gasteiger charge is -2.33. The van der Waals surface area contributed by atoms with Gasteiger partial charge in [0.25, 0.3) is 0 Å². The van der Waals surface area contributed by atoms with Crippen molar-refractivity contribution in [2.45, 2.75) is 63.4 Å². The number of anilines is 1. The van der Waals surface area contributed by atoms with Gasteiger partial charge in [-0.3, -0.25) is 9.67 Å². The molecule has 4 aromatic rings. The molecular formula is C28H30F2N6O3. The fourth-order valence-electron chi connectivity index (χ4n) is 4.83. The zero-order valence-electron chi connectivity index (χ0n) is 21.8. The van der Waals surface area contributed by atoms with E-state index in [1.54, 1.807) is 18.5 Å². The van der Waals surface area contributed by atoms with E-state index < -0.39 is 23.3 Å². The molecule has 1 aliphatic heterocycles. The first-order valence-electron chi connectivity index (χ1n) is 13.1. The molecule has 3 aromatic heterocycles. The monoisotopic (exact) mass is 536 g/mol. The maximum absolute atomic E-state index is 14.1. The van der Waals surface area contributed by atoms with Crippen LogP contribution in [0.5, 0.6) is 5.75 Å². The molecule has 0 bridgehead atoms. The molecule has 0 radical (unpaired) electrons. The number of aliphatic hydroxyl groups is 2. The van der Waals surface area contributed by atoms with Gasteiger partial charge in [0.05, 0.1) is 35.2 Å². The van der Waals surface area contributed by atoms with Gasteiger partial charge in [-0.15, -0.1) is 0 Å². The molecule has 6 rings (SSSR count). The molecule has 39 heavy (non-hydrogen) atoms. The average molecular weight is 537 g/mol. The number of halogens is 2. The Balaban J connectivity index is 1.31. The first-order valence-corrected chi connectivity index (χ1v) is 13.1. The van der Waals surface area contributed by atoms with Crippen molar-refractivity contribution in [2.24, 2.45) is 0 Å². The van der Waals surface area contributed by atoms with Gasteiger partial charge in [0.2, 0.25) is 0 Å². The van der Waals surface area contributed by atoms with Gasteiger partial charge in [0, 0.05) is 43.8 Å². The summed E-state index contributed by atoms with van der Waals surface area (Å²) in [7, 11) is 0. The van der Waals surface area contributed by atoms with Crippen LogP contribution in [0, 0.1) is 11.6 Å². The third kappa shape index (κ3) is 5.28. The van der Waals surface area contributed by atoms with Crippen molar-refractivity contribution < 1.29 is 23.7 Å². The van der Waals surface area contributed by atoms with E-state index in [4.69, 9.17) is 14.7 Å². The molecule has 0 unspecified atom stereocenters. The molecule has 1 atom stereocenters. The number of aliphatic hydroxyl groups excluding tert-OH is 1. The number of rotatable bonds is 7. The maximum atomic E-state index is 14.1. The van der Waals surface area contributed by atoms with Gasteiger partial charge < -0.3 is 19.8 Å². The quantitative estimate of drug-likeness (QED) is 0.359. The molecule has 1 saturated heterocycles. The van der Waals surface area contributed by atoms with Crippen LogP contribution < -0.4 is 9.64 Å².